The van der Waals surface area contributed by atoms with Crippen molar-refractivity contribution in [3.63, 3.8) is 0 Å². The summed E-state index contributed by atoms with van der Waals surface area (Å²) in [4.78, 5) is 47.7. The van der Waals surface area contributed by atoms with Gasteiger partial charge in [0.25, 0.3) is 11.8 Å². The smallest absolute Gasteiger partial charge is 0.410 e. The number of aliphatic hydroxyl groups excluding tert-OH is 3. The molecule has 364 valence electrons. The lowest BCUT2D eigenvalue weighted by atomic mass is 9.94. The number of carbonyl (C=O) groups is 3. The number of ether oxygens (including phenoxy) is 1. The molecule has 6 atom stereocenters. The van der Waals surface area contributed by atoms with Crippen LogP contribution in [-0.4, -0.2) is 99.7 Å². The number of rotatable bonds is 13. The predicted molar refractivity (Wildman–Crippen MR) is 261 cm³/mol. The number of anilines is 2. The van der Waals surface area contributed by atoms with Crippen LogP contribution in [0.1, 0.15) is 79.7 Å². The highest BCUT2D eigenvalue weighted by atomic mass is 35.5. The van der Waals surface area contributed by atoms with Crippen molar-refractivity contribution in [2.75, 3.05) is 51.0 Å². The van der Waals surface area contributed by atoms with E-state index < -0.39 is 35.5 Å². The first kappa shape index (κ1) is 49.7. The highest BCUT2D eigenvalue weighted by molar-refractivity contribution is 6.31. The zero-order valence-electron chi connectivity index (χ0n) is 37.5. The first-order valence-corrected chi connectivity index (χ1v) is 23.2. The molecular weight excluding hydrogens is 946 g/mol. The molecule has 3 amide bonds. The predicted octanol–water partition coefficient (Wildman–Crippen LogP) is 6.92. The Kier molecular flexibility index (Phi) is 15.6. The lowest BCUT2D eigenvalue weighted by Gasteiger charge is -2.18. The van der Waals surface area contributed by atoms with E-state index in [1.54, 1.807) is 78.0 Å². The molecule has 3 aliphatic rings. The van der Waals surface area contributed by atoms with Gasteiger partial charge in [0, 0.05) is 58.6 Å². The molecule has 9 rings (SSSR count). The van der Waals surface area contributed by atoms with Crippen LogP contribution < -0.4 is 27.4 Å². The SMILES string of the molecule is Nc1ncc([C@@H]2CN[C@H](CO)C2)cc1-c1ccc(C(=O)N[C@H](CO)c2cccc(Cl)c2)c(F)c1.Nc1ncc([C@H]2C[C@H]3COC(=O)N3C2)cc1-c1ccc(C(=O)N[C@H](CO)c2cccc(Cl)c2)c(F)c1. The topological polar surface area (TPSA) is 238 Å². The lowest BCUT2D eigenvalue weighted by Crippen LogP contribution is -2.31. The summed E-state index contributed by atoms with van der Waals surface area (Å²) in [6, 6.07) is 24.3. The Labute approximate surface area is 411 Å². The summed E-state index contributed by atoms with van der Waals surface area (Å²) < 4.78 is 35.1. The van der Waals surface area contributed by atoms with Crippen molar-refractivity contribution < 1.29 is 43.2 Å². The average molecular weight is 996 g/mol. The molecule has 3 fully saturated rings. The van der Waals surface area contributed by atoms with E-state index >= 15 is 4.39 Å². The van der Waals surface area contributed by atoms with E-state index in [4.69, 9.17) is 39.4 Å². The summed E-state index contributed by atoms with van der Waals surface area (Å²) >= 11 is 12.0. The first-order chi connectivity index (χ1) is 33.7. The molecule has 0 radical (unpaired) electrons. The van der Waals surface area contributed by atoms with Gasteiger partial charge in [-0.1, -0.05) is 59.6 Å². The highest BCUT2D eigenvalue weighted by Gasteiger charge is 2.42. The van der Waals surface area contributed by atoms with E-state index in [-0.39, 0.29) is 72.6 Å². The second-order valence-electron chi connectivity index (χ2n) is 17.4. The van der Waals surface area contributed by atoms with Gasteiger partial charge in [-0.2, -0.15) is 0 Å². The number of nitrogen functional groups attached to an aromatic ring is 2. The Morgan fingerprint density at radius 3 is 1.70 bits per heavy atom. The van der Waals surface area contributed by atoms with E-state index in [2.05, 4.69) is 25.9 Å². The minimum absolute atomic E-state index is 0.0379. The molecular formula is C51H50Cl2F2N8O7. The van der Waals surface area contributed by atoms with Crippen LogP contribution in [0.4, 0.5) is 25.2 Å². The molecule has 4 aromatic carbocycles. The van der Waals surface area contributed by atoms with E-state index in [0.29, 0.717) is 63.1 Å². The number of aromatic nitrogens is 2. The summed E-state index contributed by atoms with van der Waals surface area (Å²) in [5.74, 6) is -2.05. The third-order valence-corrected chi connectivity index (χ3v) is 13.3. The molecule has 15 nitrogen and oxygen atoms in total. The van der Waals surface area contributed by atoms with Crippen molar-refractivity contribution in [2.24, 2.45) is 0 Å². The fraction of sp³-hybridized carbons (Fsp3) is 0.275. The maximum Gasteiger partial charge on any atom is 0.410 e. The molecule has 19 heteroatoms. The molecule has 0 saturated carbocycles. The molecule has 3 saturated heterocycles. The number of amides is 3. The standard InChI is InChI=1S/C26H24ClFN4O4.C25H26ClFN4O3/c27-18-3-1-2-15(6-18)23(12-33)31-25(34)20-5-4-14(9-22(20)28)21-8-16(10-30-24(21)29)17-7-19-13-36-26(35)32(19)11-17;26-18-3-1-2-15(6-18)23(13-33)31-25(34)20-5-4-14(9-22(20)27)21-8-17(11-30-24(21)28)16-7-19(12-32)29-10-16/h1-6,8-10,17,19,23,33H,7,11-13H2,(H2,29,30)(H,31,34);1-6,8-9,11,16,19,23,29,32-33H,7,10,12-13H2,(H2,28,30)(H,31,34)/t17-,19-,23+;16-,19-,23+/m00/s1. The Morgan fingerprint density at radius 1 is 0.743 bits per heavy atom. The number of hydrogen-bond donors (Lipinski definition) is 8. The van der Waals surface area contributed by atoms with Crippen LogP contribution in [0.15, 0.2) is 109 Å². The molecule has 0 unspecified atom stereocenters. The number of carbonyl (C=O) groups excluding carboxylic acids is 3. The van der Waals surface area contributed by atoms with Gasteiger partial charge in [0.2, 0.25) is 0 Å². The molecule has 10 N–H and O–H groups in total. The zero-order valence-corrected chi connectivity index (χ0v) is 39.0. The van der Waals surface area contributed by atoms with Crippen LogP contribution in [0.25, 0.3) is 22.3 Å². The number of cyclic esters (lactones) is 1. The van der Waals surface area contributed by atoms with Crippen LogP contribution >= 0.6 is 23.2 Å². The van der Waals surface area contributed by atoms with Gasteiger partial charge in [-0.3, -0.25) is 9.59 Å². The van der Waals surface area contributed by atoms with Crippen molar-refractivity contribution >= 4 is 52.7 Å². The van der Waals surface area contributed by atoms with Gasteiger partial charge < -0.3 is 52.4 Å². The zero-order chi connectivity index (χ0) is 49.6. The number of hydrogen-bond acceptors (Lipinski definition) is 12. The van der Waals surface area contributed by atoms with E-state index in [1.165, 1.54) is 24.3 Å². The number of pyridine rings is 2. The molecule has 0 bridgehead atoms. The average Bonchev–Trinajstić information content (AvgIpc) is 4.11. The van der Waals surface area contributed by atoms with Crippen LogP contribution in [0, 0.1) is 11.6 Å². The molecule has 3 aliphatic heterocycles. The van der Waals surface area contributed by atoms with E-state index in [9.17, 15) is 34.1 Å². The Balaban J connectivity index is 0.000000189. The lowest BCUT2D eigenvalue weighted by molar-refractivity contribution is 0.0904. The molecule has 70 heavy (non-hydrogen) atoms. The van der Waals surface area contributed by atoms with Gasteiger partial charge in [-0.25, -0.2) is 23.5 Å². The largest absolute Gasteiger partial charge is 0.447 e. The van der Waals surface area contributed by atoms with Gasteiger partial charge in [0.1, 0.15) is 29.9 Å². The van der Waals surface area contributed by atoms with Gasteiger partial charge >= 0.3 is 6.09 Å². The maximum atomic E-state index is 15.1. The number of halogens is 4. The summed E-state index contributed by atoms with van der Waals surface area (Å²) in [6.45, 7) is 0.942. The first-order valence-electron chi connectivity index (χ1n) is 22.5. The molecule has 6 aromatic rings. The Hall–Kier alpha value is -6.73. The second kappa shape index (κ2) is 21.9. The van der Waals surface area contributed by atoms with Crippen molar-refractivity contribution in [1.29, 1.82) is 0 Å². The maximum absolute atomic E-state index is 15.1. The van der Waals surface area contributed by atoms with E-state index in [1.807, 2.05) is 12.1 Å². The third-order valence-electron chi connectivity index (χ3n) is 12.8. The van der Waals surface area contributed by atoms with Crippen LogP contribution in [0.2, 0.25) is 10.0 Å². The minimum atomic E-state index is -0.745. The third kappa shape index (κ3) is 11.2. The molecule has 0 aliphatic carbocycles. The molecule has 5 heterocycles. The quantitative estimate of drug-likeness (QED) is 0.0589. The van der Waals surface area contributed by atoms with Gasteiger partial charge in [-0.05, 0) is 113 Å². The monoisotopic (exact) mass is 994 g/mol. The van der Waals surface area contributed by atoms with Gasteiger partial charge in [0.05, 0.1) is 49.1 Å². The molecule has 2 aromatic heterocycles. The van der Waals surface area contributed by atoms with Crippen LogP contribution in [0.5, 0.6) is 0 Å². The van der Waals surface area contributed by atoms with Crippen LogP contribution in [-0.2, 0) is 4.74 Å². The summed E-state index contributed by atoms with van der Waals surface area (Å²) in [5, 5.41) is 38.3. The van der Waals surface area contributed by atoms with Gasteiger partial charge in [-0.15, -0.1) is 0 Å². The fourth-order valence-electron chi connectivity index (χ4n) is 9.02. The number of nitrogens with one attached hydrogen (secondary N) is 3. The number of nitrogens with zero attached hydrogens (tertiary/aromatic N) is 3. The molecule has 0 spiro atoms. The Morgan fingerprint density at radius 2 is 1.26 bits per heavy atom. The van der Waals surface area contributed by atoms with Crippen molar-refractivity contribution in [1.82, 2.24) is 30.8 Å². The number of nitrogens with two attached hydrogens (primary N) is 2. The number of aliphatic hydroxyl groups is 3. The van der Waals surface area contributed by atoms with E-state index in [0.717, 1.165) is 24.0 Å². The van der Waals surface area contributed by atoms with Crippen molar-refractivity contribution in [3.05, 3.63) is 165 Å². The second-order valence-corrected chi connectivity index (χ2v) is 18.2. The minimum Gasteiger partial charge on any atom is -0.447 e. The number of benzene rings is 4. The number of fused-ring (bicyclic) bond motifs is 1. The normalized spacial score (nSPS) is 19.1. The van der Waals surface area contributed by atoms with Crippen molar-refractivity contribution in [3.8, 4) is 22.3 Å². The fourth-order valence-corrected chi connectivity index (χ4v) is 9.41. The summed E-state index contributed by atoms with van der Waals surface area (Å²) in [7, 11) is 0. The van der Waals surface area contributed by atoms with Gasteiger partial charge in [0.15, 0.2) is 0 Å². The van der Waals surface area contributed by atoms with Crippen LogP contribution in [0.3, 0.4) is 0 Å². The highest BCUT2D eigenvalue weighted by Crippen LogP contribution is 2.38. The summed E-state index contributed by atoms with van der Waals surface area (Å²) in [6.07, 6.45) is 4.60. The van der Waals surface area contributed by atoms with Crippen molar-refractivity contribution in [2.45, 2.75) is 48.8 Å². The Bertz CT molecular complexity index is 2920. The summed E-state index contributed by atoms with van der Waals surface area (Å²) in [5.41, 5.74) is 17.0.